The number of anilines is 1. The molecule has 0 bridgehead atoms. The molecule has 1 aliphatic rings. The quantitative estimate of drug-likeness (QED) is 0.738. The van der Waals surface area contributed by atoms with Gasteiger partial charge in [-0.25, -0.2) is 0 Å². The van der Waals surface area contributed by atoms with Crippen molar-refractivity contribution in [3.63, 3.8) is 0 Å². The fraction of sp³-hybridized carbons (Fsp3) is 0.304. The Balaban J connectivity index is 1.77. The van der Waals surface area contributed by atoms with Crippen LogP contribution in [0.25, 0.3) is 0 Å². The standard InChI is InChI=1S/C23H27N5O3/c1-4-27(15-16-10-12-17(13-11-16)22(30)26(2)3)23(31)19-14-20(21(24)29)28(25-19)18-8-6-5-7-9-18/h5-13,20H,4,14-15H2,1-3H3,(H2,24,29). The lowest BCUT2D eigenvalue weighted by atomic mass is 10.1. The van der Waals surface area contributed by atoms with Crippen LogP contribution in [0.5, 0.6) is 0 Å². The van der Waals surface area contributed by atoms with Crippen molar-refractivity contribution in [3.8, 4) is 0 Å². The van der Waals surface area contributed by atoms with Gasteiger partial charge in [0.25, 0.3) is 11.8 Å². The van der Waals surface area contributed by atoms with E-state index in [0.717, 1.165) is 5.56 Å². The number of primary amides is 1. The molecule has 2 aromatic carbocycles. The molecule has 31 heavy (non-hydrogen) atoms. The van der Waals surface area contributed by atoms with Crippen LogP contribution >= 0.6 is 0 Å². The van der Waals surface area contributed by atoms with E-state index in [-0.39, 0.29) is 18.2 Å². The van der Waals surface area contributed by atoms with Crippen LogP contribution in [0.3, 0.4) is 0 Å². The van der Waals surface area contributed by atoms with Gasteiger partial charge < -0.3 is 15.5 Å². The Morgan fingerprint density at radius 3 is 2.23 bits per heavy atom. The molecule has 1 atom stereocenters. The SMILES string of the molecule is CCN(Cc1ccc(C(=O)N(C)C)cc1)C(=O)C1=NN(c2ccccc2)C(C(N)=O)C1. The number of hydrazone groups is 1. The molecule has 1 aliphatic heterocycles. The van der Waals surface area contributed by atoms with Crippen molar-refractivity contribution in [3.05, 3.63) is 65.7 Å². The van der Waals surface area contributed by atoms with Gasteiger partial charge in [-0.3, -0.25) is 19.4 Å². The second kappa shape index (κ2) is 9.42. The van der Waals surface area contributed by atoms with E-state index in [1.165, 1.54) is 9.91 Å². The molecule has 0 saturated carbocycles. The van der Waals surface area contributed by atoms with E-state index in [1.54, 1.807) is 31.1 Å². The van der Waals surface area contributed by atoms with E-state index >= 15 is 0 Å². The first kappa shape index (κ1) is 22.0. The predicted molar refractivity (Wildman–Crippen MR) is 120 cm³/mol. The monoisotopic (exact) mass is 421 g/mol. The van der Waals surface area contributed by atoms with Crippen LogP contribution < -0.4 is 10.7 Å². The number of para-hydroxylation sites is 1. The van der Waals surface area contributed by atoms with Crippen LogP contribution in [0, 0.1) is 0 Å². The van der Waals surface area contributed by atoms with Gasteiger partial charge in [0.1, 0.15) is 11.8 Å². The zero-order valence-corrected chi connectivity index (χ0v) is 18.0. The Kier molecular flexibility index (Phi) is 6.69. The molecule has 0 spiro atoms. The first-order valence-corrected chi connectivity index (χ1v) is 10.1. The topological polar surface area (TPSA) is 99.3 Å². The molecule has 8 heteroatoms. The maximum atomic E-state index is 13.1. The summed E-state index contributed by atoms with van der Waals surface area (Å²) in [5.41, 5.74) is 8.06. The molecule has 0 radical (unpaired) electrons. The third-order valence-electron chi connectivity index (χ3n) is 5.16. The molecule has 0 saturated heterocycles. The number of carbonyl (C=O) groups is 3. The van der Waals surface area contributed by atoms with E-state index in [4.69, 9.17) is 5.73 Å². The minimum absolute atomic E-state index is 0.0752. The summed E-state index contributed by atoms with van der Waals surface area (Å²) in [6.45, 7) is 2.73. The van der Waals surface area contributed by atoms with Crippen LogP contribution in [0.4, 0.5) is 5.69 Å². The summed E-state index contributed by atoms with van der Waals surface area (Å²) in [6, 6.07) is 15.7. The van der Waals surface area contributed by atoms with Crippen molar-refractivity contribution in [1.82, 2.24) is 9.80 Å². The number of hydrogen-bond donors (Lipinski definition) is 1. The number of amides is 3. The molecular formula is C23H27N5O3. The Hall–Kier alpha value is -3.68. The molecule has 0 fully saturated rings. The first-order valence-electron chi connectivity index (χ1n) is 10.1. The van der Waals surface area contributed by atoms with Crippen LogP contribution in [0.2, 0.25) is 0 Å². The number of nitrogens with two attached hydrogens (primary N) is 1. The molecule has 0 aliphatic carbocycles. The second-order valence-corrected chi connectivity index (χ2v) is 7.56. The smallest absolute Gasteiger partial charge is 0.270 e. The summed E-state index contributed by atoms with van der Waals surface area (Å²) in [5.74, 6) is -0.839. The molecule has 0 aromatic heterocycles. The van der Waals surface area contributed by atoms with Crippen LogP contribution in [-0.2, 0) is 16.1 Å². The van der Waals surface area contributed by atoms with E-state index < -0.39 is 11.9 Å². The van der Waals surface area contributed by atoms with Gasteiger partial charge >= 0.3 is 0 Å². The lowest BCUT2D eigenvalue weighted by Crippen LogP contribution is -2.40. The second-order valence-electron chi connectivity index (χ2n) is 7.56. The Morgan fingerprint density at radius 1 is 1.03 bits per heavy atom. The highest BCUT2D eigenvalue weighted by Gasteiger charge is 2.36. The lowest BCUT2D eigenvalue weighted by molar-refractivity contribution is -0.124. The fourth-order valence-corrected chi connectivity index (χ4v) is 3.42. The lowest BCUT2D eigenvalue weighted by Gasteiger charge is -2.21. The van der Waals surface area contributed by atoms with Crippen molar-refractivity contribution in [1.29, 1.82) is 0 Å². The summed E-state index contributed by atoms with van der Waals surface area (Å²) >= 11 is 0. The van der Waals surface area contributed by atoms with Gasteiger partial charge in [-0.05, 0) is 36.8 Å². The Labute approximate surface area is 181 Å². The zero-order chi connectivity index (χ0) is 22.5. The average molecular weight is 422 g/mol. The number of nitrogens with zero attached hydrogens (tertiary/aromatic N) is 4. The van der Waals surface area contributed by atoms with Gasteiger partial charge in [-0.15, -0.1) is 0 Å². The van der Waals surface area contributed by atoms with Gasteiger partial charge in [0.15, 0.2) is 0 Å². The fourth-order valence-electron chi connectivity index (χ4n) is 3.42. The molecule has 8 nitrogen and oxygen atoms in total. The van der Waals surface area contributed by atoms with Gasteiger partial charge in [0.05, 0.1) is 5.69 Å². The number of rotatable bonds is 7. The first-order chi connectivity index (χ1) is 14.8. The summed E-state index contributed by atoms with van der Waals surface area (Å²) in [6.07, 6.45) is 0.163. The summed E-state index contributed by atoms with van der Waals surface area (Å²) < 4.78 is 0. The maximum Gasteiger partial charge on any atom is 0.270 e. The van der Waals surface area contributed by atoms with Crippen molar-refractivity contribution in [2.45, 2.75) is 25.9 Å². The van der Waals surface area contributed by atoms with E-state index in [2.05, 4.69) is 5.10 Å². The third-order valence-corrected chi connectivity index (χ3v) is 5.16. The molecular weight excluding hydrogens is 394 g/mol. The predicted octanol–water partition coefficient (Wildman–Crippen LogP) is 1.86. The molecule has 1 unspecified atom stereocenters. The van der Waals surface area contributed by atoms with Gasteiger partial charge in [-0.1, -0.05) is 30.3 Å². The number of carbonyl (C=O) groups excluding carboxylic acids is 3. The normalized spacial score (nSPS) is 15.4. The van der Waals surface area contributed by atoms with Crippen molar-refractivity contribution >= 4 is 29.1 Å². The molecule has 1 heterocycles. The molecule has 2 aromatic rings. The van der Waals surface area contributed by atoms with E-state index in [0.29, 0.717) is 30.1 Å². The minimum atomic E-state index is -0.698. The summed E-state index contributed by atoms with van der Waals surface area (Å²) in [4.78, 5) is 40.3. The summed E-state index contributed by atoms with van der Waals surface area (Å²) in [5, 5.41) is 5.95. The largest absolute Gasteiger partial charge is 0.368 e. The average Bonchev–Trinajstić information content (AvgIpc) is 3.23. The van der Waals surface area contributed by atoms with E-state index in [1.807, 2.05) is 49.4 Å². The highest BCUT2D eigenvalue weighted by atomic mass is 16.2. The van der Waals surface area contributed by atoms with Crippen molar-refractivity contribution in [2.75, 3.05) is 25.6 Å². The zero-order valence-electron chi connectivity index (χ0n) is 18.0. The number of benzene rings is 2. The van der Waals surface area contributed by atoms with Crippen LogP contribution in [0.1, 0.15) is 29.3 Å². The van der Waals surface area contributed by atoms with Gasteiger partial charge in [0, 0.05) is 39.2 Å². The molecule has 3 amide bonds. The molecule has 3 rings (SSSR count). The number of hydrogen-bond acceptors (Lipinski definition) is 5. The van der Waals surface area contributed by atoms with Gasteiger partial charge in [-0.2, -0.15) is 5.10 Å². The van der Waals surface area contributed by atoms with E-state index in [9.17, 15) is 14.4 Å². The maximum absolute atomic E-state index is 13.1. The highest BCUT2D eigenvalue weighted by molar-refractivity contribution is 6.40. The summed E-state index contributed by atoms with van der Waals surface area (Å²) in [7, 11) is 3.41. The molecule has 2 N–H and O–H groups in total. The van der Waals surface area contributed by atoms with Crippen LogP contribution in [-0.4, -0.2) is 59.9 Å². The Bertz CT molecular complexity index is 986. The molecule has 162 valence electrons. The minimum Gasteiger partial charge on any atom is -0.368 e. The van der Waals surface area contributed by atoms with Crippen molar-refractivity contribution < 1.29 is 14.4 Å². The van der Waals surface area contributed by atoms with Gasteiger partial charge in [0.2, 0.25) is 5.91 Å². The third kappa shape index (κ3) is 4.91. The van der Waals surface area contributed by atoms with Crippen LogP contribution in [0.15, 0.2) is 59.7 Å². The van der Waals surface area contributed by atoms with Crippen molar-refractivity contribution in [2.24, 2.45) is 10.8 Å². The highest BCUT2D eigenvalue weighted by Crippen LogP contribution is 2.25. The Morgan fingerprint density at radius 2 is 1.68 bits per heavy atom.